The molecule has 128 valence electrons. The van der Waals surface area contributed by atoms with Gasteiger partial charge in [-0.25, -0.2) is 4.39 Å². The van der Waals surface area contributed by atoms with Crippen molar-refractivity contribution in [1.82, 2.24) is 10.5 Å². The smallest absolute Gasteiger partial charge is 0.256 e. The molecule has 1 amide bonds. The molecule has 1 atom stereocenters. The van der Waals surface area contributed by atoms with Gasteiger partial charge in [-0.2, -0.15) is 0 Å². The zero-order valence-electron chi connectivity index (χ0n) is 13.6. The first-order chi connectivity index (χ1) is 12.1. The lowest BCUT2D eigenvalue weighted by Crippen LogP contribution is -2.20. The van der Waals surface area contributed by atoms with Crippen LogP contribution in [0.2, 0.25) is 0 Å². The zero-order chi connectivity index (χ0) is 17.8. The summed E-state index contributed by atoms with van der Waals surface area (Å²) in [6.45, 7) is 0. The molecular formula is C19H17FN2O3. The van der Waals surface area contributed by atoms with E-state index in [1.54, 1.807) is 6.07 Å². The van der Waals surface area contributed by atoms with Crippen LogP contribution in [0.15, 0.2) is 59.1 Å². The molecule has 0 fully saturated rings. The van der Waals surface area contributed by atoms with Gasteiger partial charge >= 0.3 is 0 Å². The molecule has 1 heterocycles. The molecule has 2 N–H and O–H groups in total. The van der Waals surface area contributed by atoms with Gasteiger partial charge in [-0.15, -0.1) is 0 Å². The van der Waals surface area contributed by atoms with Gasteiger partial charge in [-0.1, -0.05) is 47.6 Å². The first kappa shape index (κ1) is 16.9. The van der Waals surface area contributed by atoms with Crippen LogP contribution in [0.4, 0.5) is 4.39 Å². The van der Waals surface area contributed by atoms with Crippen LogP contribution in [0, 0.1) is 5.82 Å². The summed E-state index contributed by atoms with van der Waals surface area (Å²) in [5.41, 5.74) is 1.81. The second-order valence-electron chi connectivity index (χ2n) is 5.55. The maximum Gasteiger partial charge on any atom is 0.256 e. The number of amides is 1. The van der Waals surface area contributed by atoms with E-state index in [0.717, 1.165) is 5.56 Å². The predicted molar refractivity (Wildman–Crippen MR) is 90.4 cm³/mol. The van der Waals surface area contributed by atoms with Crippen LogP contribution in [0.1, 0.15) is 27.8 Å². The molecule has 2 aromatic carbocycles. The maximum atomic E-state index is 13.3. The summed E-state index contributed by atoms with van der Waals surface area (Å²) in [5, 5.41) is 16.9. The van der Waals surface area contributed by atoms with Gasteiger partial charge in [0, 0.05) is 19.0 Å². The number of nitrogens with one attached hydrogen (secondary N) is 1. The average molecular weight is 340 g/mol. The minimum atomic E-state index is -1.02. The van der Waals surface area contributed by atoms with Crippen LogP contribution >= 0.6 is 0 Å². The van der Waals surface area contributed by atoms with Crippen molar-refractivity contribution >= 4 is 5.91 Å². The number of benzene rings is 2. The van der Waals surface area contributed by atoms with Crippen LogP contribution < -0.4 is 5.32 Å². The molecule has 0 saturated carbocycles. The predicted octanol–water partition coefficient (Wildman–Crippen LogP) is 3.12. The second kappa shape index (κ2) is 7.27. The summed E-state index contributed by atoms with van der Waals surface area (Å²) in [6, 6.07) is 14.8. The first-order valence-electron chi connectivity index (χ1n) is 7.79. The molecular weight excluding hydrogens is 323 g/mol. The number of aliphatic hydroxyl groups excluding tert-OH is 1. The highest BCUT2D eigenvalue weighted by molar-refractivity contribution is 6.00. The summed E-state index contributed by atoms with van der Waals surface area (Å²) >= 11 is 0. The van der Waals surface area contributed by atoms with Gasteiger partial charge < -0.3 is 14.9 Å². The molecule has 3 aromatic rings. The molecule has 0 aliphatic carbocycles. The zero-order valence-corrected chi connectivity index (χ0v) is 13.6. The summed E-state index contributed by atoms with van der Waals surface area (Å²) in [4.78, 5) is 12.3. The van der Waals surface area contributed by atoms with E-state index in [1.165, 1.54) is 25.2 Å². The van der Waals surface area contributed by atoms with Crippen LogP contribution in [0.5, 0.6) is 0 Å². The molecule has 0 radical (unpaired) electrons. The van der Waals surface area contributed by atoms with Gasteiger partial charge in [0.2, 0.25) is 0 Å². The minimum Gasteiger partial charge on any atom is -0.388 e. The van der Waals surface area contributed by atoms with Crippen molar-refractivity contribution in [3.63, 3.8) is 0 Å². The van der Waals surface area contributed by atoms with Crippen LogP contribution in [0.3, 0.4) is 0 Å². The van der Waals surface area contributed by atoms with Crippen molar-refractivity contribution in [2.75, 3.05) is 7.05 Å². The van der Waals surface area contributed by atoms with Gasteiger partial charge in [0.1, 0.15) is 17.1 Å². The Morgan fingerprint density at radius 3 is 2.68 bits per heavy atom. The molecule has 6 heteroatoms. The monoisotopic (exact) mass is 340 g/mol. The summed E-state index contributed by atoms with van der Waals surface area (Å²) in [6.07, 6.45) is -1.01. The summed E-state index contributed by atoms with van der Waals surface area (Å²) < 4.78 is 18.7. The lowest BCUT2D eigenvalue weighted by atomic mass is 10.00. The molecule has 0 bridgehead atoms. The highest BCUT2D eigenvalue weighted by atomic mass is 19.1. The van der Waals surface area contributed by atoms with Crippen LogP contribution in [0.25, 0.3) is 11.3 Å². The van der Waals surface area contributed by atoms with Crippen molar-refractivity contribution in [3.8, 4) is 11.3 Å². The minimum absolute atomic E-state index is 0.00599. The Balaban J connectivity index is 1.96. The number of carbonyl (C=O) groups is 1. The molecule has 0 aliphatic heterocycles. The summed E-state index contributed by atoms with van der Waals surface area (Å²) in [7, 11) is 1.51. The highest BCUT2D eigenvalue weighted by Crippen LogP contribution is 2.28. The van der Waals surface area contributed by atoms with Crippen molar-refractivity contribution in [1.29, 1.82) is 0 Å². The maximum absolute atomic E-state index is 13.3. The Bertz CT molecular complexity index is 877. The Hall–Kier alpha value is -2.99. The number of nitrogens with zero attached hydrogens (tertiary/aromatic N) is 1. The third-order valence-electron chi connectivity index (χ3n) is 3.88. The normalized spacial score (nSPS) is 12.0. The molecule has 0 saturated heterocycles. The molecule has 0 aliphatic rings. The van der Waals surface area contributed by atoms with Gasteiger partial charge in [0.15, 0.2) is 5.76 Å². The average Bonchev–Trinajstić information content (AvgIpc) is 3.05. The molecule has 0 spiro atoms. The first-order valence-corrected chi connectivity index (χ1v) is 7.79. The number of aromatic nitrogens is 1. The Morgan fingerprint density at radius 2 is 2.00 bits per heavy atom. The van der Waals surface area contributed by atoms with E-state index in [4.69, 9.17) is 4.52 Å². The van der Waals surface area contributed by atoms with E-state index >= 15 is 0 Å². The molecule has 5 nitrogen and oxygen atoms in total. The Labute approximate surface area is 144 Å². The summed E-state index contributed by atoms with van der Waals surface area (Å²) in [5.74, 6) is -0.554. The van der Waals surface area contributed by atoms with Gasteiger partial charge in [-0.3, -0.25) is 4.79 Å². The van der Waals surface area contributed by atoms with Gasteiger partial charge in [-0.05, 0) is 17.7 Å². The second-order valence-corrected chi connectivity index (χ2v) is 5.55. The van der Waals surface area contributed by atoms with E-state index < -0.39 is 11.9 Å². The lowest BCUT2D eigenvalue weighted by molar-refractivity contribution is 0.0959. The Kier molecular flexibility index (Phi) is 4.90. The fourth-order valence-corrected chi connectivity index (χ4v) is 2.62. The van der Waals surface area contributed by atoms with Crippen molar-refractivity contribution < 1.29 is 18.8 Å². The molecule has 25 heavy (non-hydrogen) atoms. The van der Waals surface area contributed by atoms with E-state index in [0.29, 0.717) is 11.3 Å². The van der Waals surface area contributed by atoms with E-state index in [9.17, 15) is 14.3 Å². The van der Waals surface area contributed by atoms with E-state index in [2.05, 4.69) is 10.5 Å². The largest absolute Gasteiger partial charge is 0.388 e. The quantitative estimate of drug-likeness (QED) is 0.748. The van der Waals surface area contributed by atoms with Crippen molar-refractivity contribution in [2.45, 2.75) is 12.5 Å². The number of hydrogen-bond acceptors (Lipinski definition) is 4. The molecule has 1 aromatic heterocycles. The Morgan fingerprint density at radius 1 is 1.24 bits per heavy atom. The van der Waals surface area contributed by atoms with Gasteiger partial charge in [0.25, 0.3) is 5.91 Å². The molecule has 3 rings (SSSR count). The number of rotatable bonds is 5. The van der Waals surface area contributed by atoms with E-state index in [1.807, 2.05) is 30.3 Å². The lowest BCUT2D eigenvalue weighted by Gasteiger charge is -2.10. The molecule has 1 unspecified atom stereocenters. The number of hydrogen-bond donors (Lipinski definition) is 2. The van der Waals surface area contributed by atoms with Crippen LogP contribution in [-0.4, -0.2) is 23.2 Å². The number of aliphatic hydroxyl groups is 1. The fraction of sp³-hybridized carbons (Fsp3) is 0.158. The number of carbonyl (C=O) groups excluding carboxylic acids is 1. The third-order valence-corrected chi connectivity index (χ3v) is 3.88. The standard InChI is InChI=1S/C19H17FN2O3/c1-21-19(24)17-16(11-15(23)13-8-5-9-14(20)10-13)25-22-18(17)12-6-3-2-4-7-12/h2-10,15,23H,11H2,1H3,(H,21,24). The van der Waals surface area contributed by atoms with Crippen LogP contribution in [-0.2, 0) is 6.42 Å². The topological polar surface area (TPSA) is 75.4 Å². The third kappa shape index (κ3) is 3.59. The van der Waals surface area contributed by atoms with Crippen molar-refractivity contribution in [2.24, 2.45) is 0 Å². The fourth-order valence-electron chi connectivity index (χ4n) is 2.62. The SMILES string of the molecule is CNC(=O)c1c(-c2ccccc2)noc1CC(O)c1cccc(F)c1. The van der Waals surface area contributed by atoms with Crippen molar-refractivity contribution in [3.05, 3.63) is 77.3 Å². The number of halogens is 1. The van der Waals surface area contributed by atoms with Gasteiger partial charge in [0.05, 0.1) is 6.10 Å². The van der Waals surface area contributed by atoms with E-state index in [-0.39, 0.29) is 23.7 Å². The highest BCUT2D eigenvalue weighted by Gasteiger charge is 2.25.